The molecule has 1 unspecified atom stereocenters. The summed E-state index contributed by atoms with van der Waals surface area (Å²) in [4.78, 5) is 1.20. The van der Waals surface area contributed by atoms with Crippen LogP contribution in [-0.2, 0) is 0 Å². The van der Waals surface area contributed by atoms with Gasteiger partial charge in [0.15, 0.2) is 0 Å². The fourth-order valence-corrected chi connectivity index (χ4v) is 1.49. The van der Waals surface area contributed by atoms with E-state index in [0.29, 0.717) is 25.8 Å². The molecule has 0 aromatic heterocycles. The van der Waals surface area contributed by atoms with Crippen LogP contribution in [0.4, 0.5) is 13.2 Å². The van der Waals surface area contributed by atoms with Gasteiger partial charge in [0.1, 0.15) is 0 Å². The van der Waals surface area contributed by atoms with Gasteiger partial charge < -0.3 is 10.8 Å². The molecule has 3 N–H and O–H groups in total. The maximum atomic E-state index is 12.0. The second kappa shape index (κ2) is 6.42. The van der Waals surface area contributed by atoms with Gasteiger partial charge in [-0.25, -0.2) is 0 Å². The van der Waals surface area contributed by atoms with Gasteiger partial charge in [0.2, 0.25) is 0 Å². The average molecular weight is 242 g/mol. The highest BCUT2D eigenvalue weighted by Crippen LogP contribution is 2.18. The van der Waals surface area contributed by atoms with Crippen LogP contribution < -0.4 is 5.73 Å². The Morgan fingerprint density at radius 1 is 1.31 bits per heavy atom. The third-order valence-electron chi connectivity index (χ3n) is 2.67. The topological polar surface area (TPSA) is 49.5 Å². The van der Waals surface area contributed by atoms with E-state index in [-0.39, 0.29) is 6.54 Å². The zero-order chi connectivity index (χ0) is 12.8. The van der Waals surface area contributed by atoms with Crippen LogP contribution in [0, 0.1) is 0 Å². The zero-order valence-corrected chi connectivity index (χ0v) is 9.85. The molecule has 0 aliphatic carbocycles. The smallest absolute Gasteiger partial charge is 0.389 e. The number of rotatable bonds is 7. The predicted molar refractivity (Wildman–Crippen MR) is 57.1 cm³/mol. The van der Waals surface area contributed by atoms with E-state index < -0.39 is 18.3 Å². The minimum absolute atomic E-state index is 0.145. The minimum Gasteiger partial charge on any atom is -0.389 e. The van der Waals surface area contributed by atoms with Gasteiger partial charge in [0, 0.05) is 6.54 Å². The van der Waals surface area contributed by atoms with Crippen LogP contribution in [0.3, 0.4) is 0 Å². The van der Waals surface area contributed by atoms with E-state index in [9.17, 15) is 18.3 Å². The number of nitrogens with two attached hydrogens (primary N) is 1. The summed E-state index contributed by atoms with van der Waals surface area (Å²) in [5, 5.41) is 9.81. The molecular weight excluding hydrogens is 221 g/mol. The molecule has 0 saturated carbocycles. The standard InChI is InChI=1S/C10H21F3N2O/c1-3-9(16,7-14)5-4-6-15(2)8-10(11,12)13/h16H,3-8,14H2,1-2H3. The van der Waals surface area contributed by atoms with Gasteiger partial charge in [-0.15, -0.1) is 0 Å². The first-order valence-electron chi connectivity index (χ1n) is 5.40. The van der Waals surface area contributed by atoms with Gasteiger partial charge >= 0.3 is 6.18 Å². The largest absolute Gasteiger partial charge is 0.401 e. The number of aliphatic hydroxyl groups is 1. The highest BCUT2D eigenvalue weighted by Gasteiger charge is 2.29. The molecule has 0 saturated heterocycles. The fraction of sp³-hybridized carbons (Fsp3) is 1.00. The van der Waals surface area contributed by atoms with E-state index in [0.717, 1.165) is 0 Å². The summed E-state index contributed by atoms with van der Waals surface area (Å²) in [6.07, 6.45) is -2.70. The predicted octanol–water partition coefficient (Wildman–Crippen LogP) is 1.36. The maximum Gasteiger partial charge on any atom is 0.401 e. The summed E-state index contributed by atoms with van der Waals surface area (Å²) < 4.78 is 36.0. The molecule has 0 bridgehead atoms. The van der Waals surface area contributed by atoms with Crippen molar-refractivity contribution >= 4 is 0 Å². The van der Waals surface area contributed by atoms with Crippen LogP contribution in [0.5, 0.6) is 0 Å². The molecule has 0 amide bonds. The Bertz CT molecular complexity index is 193. The highest BCUT2D eigenvalue weighted by atomic mass is 19.4. The first-order chi connectivity index (χ1) is 7.22. The zero-order valence-electron chi connectivity index (χ0n) is 9.85. The molecule has 6 heteroatoms. The molecule has 0 aliphatic rings. The molecule has 0 heterocycles. The lowest BCUT2D eigenvalue weighted by Crippen LogP contribution is -2.38. The van der Waals surface area contributed by atoms with Crippen molar-refractivity contribution in [2.75, 3.05) is 26.7 Å². The fourth-order valence-electron chi connectivity index (χ4n) is 1.49. The number of hydrogen-bond donors (Lipinski definition) is 2. The molecule has 3 nitrogen and oxygen atoms in total. The van der Waals surface area contributed by atoms with E-state index >= 15 is 0 Å². The summed E-state index contributed by atoms with van der Waals surface area (Å²) in [7, 11) is 1.42. The summed E-state index contributed by atoms with van der Waals surface area (Å²) in [5.74, 6) is 0. The van der Waals surface area contributed by atoms with Crippen molar-refractivity contribution in [2.24, 2.45) is 5.73 Å². The number of hydrogen-bond acceptors (Lipinski definition) is 3. The summed E-state index contributed by atoms with van der Waals surface area (Å²) in [6.45, 7) is 1.35. The van der Waals surface area contributed by atoms with Gasteiger partial charge in [-0.3, -0.25) is 4.90 Å². The van der Waals surface area contributed by atoms with Crippen molar-refractivity contribution in [3.8, 4) is 0 Å². The van der Waals surface area contributed by atoms with E-state index in [1.165, 1.54) is 11.9 Å². The molecule has 0 aromatic rings. The van der Waals surface area contributed by atoms with Gasteiger partial charge in [0.05, 0.1) is 12.1 Å². The van der Waals surface area contributed by atoms with Gasteiger partial charge in [-0.1, -0.05) is 6.92 Å². The third-order valence-corrected chi connectivity index (χ3v) is 2.67. The van der Waals surface area contributed by atoms with Crippen molar-refractivity contribution in [1.82, 2.24) is 4.90 Å². The Hall–Kier alpha value is -0.330. The second-order valence-electron chi connectivity index (χ2n) is 4.24. The first kappa shape index (κ1) is 15.7. The van der Waals surface area contributed by atoms with Gasteiger partial charge in [-0.05, 0) is 32.9 Å². The molecule has 0 rings (SSSR count). The quantitative estimate of drug-likeness (QED) is 0.708. The molecule has 0 spiro atoms. The second-order valence-corrected chi connectivity index (χ2v) is 4.24. The third kappa shape index (κ3) is 7.03. The van der Waals surface area contributed by atoms with Crippen molar-refractivity contribution < 1.29 is 18.3 Å². The molecule has 0 fully saturated rings. The number of alkyl halides is 3. The molecule has 98 valence electrons. The van der Waals surface area contributed by atoms with Gasteiger partial charge in [-0.2, -0.15) is 13.2 Å². The van der Waals surface area contributed by atoms with E-state index in [2.05, 4.69) is 0 Å². The SMILES string of the molecule is CCC(O)(CN)CCCN(C)CC(F)(F)F. The Morgan fingerprint density at radius 2 is 1.88 bits per heavy atom. The molecular formula is C10H21F3N2O. The van der Waals surface area contributed by atoms with Crippen molar-refractivity contribution in [3.63, 3.8) is 0 Å². The number of halogens is 3. The van der Waals surface area contributed by atoms with Crippen LogP contribution in [0.15, 0.2) is 0 Å². The van der Waals surface area contributed by atoms with Crippen LogP contribution in [0.25, 0.3) is 0 Å². The minimum atomic E-state index is -4.16. The monoisotopic (exact) mass is 242 g/mol. The Morgan fingerprint density at radius 3 is 2.25 bits per heavy atom. The maximum absolute atomic E-state index is 12.0. The summed E-state index contributed by atoms with van der Waals surface area (Å²) in [6, 6.07) is 0. The summed E-state index contributed by atoms with van der Waals surface area (Å²) in [5.41, 5.74) is 4.46. The molecule has 0 radical (unpaired) electrons. The van der Waals surface area contributed by atoms with E-state index in [1.54, 1.807) is 0 Å². The normalized spacial score (nSPS) is 16.5. The lowest BCUT2D eigenvalue weighted by atomic mass is 9.95. The van der Waals surface area contributed by atoms with Gasteiger partial charge in [0.25, 0.3) is 0 Å². The van der Waals surface area contributed by atoms with Crippen LogP contribution in [0.2, 0.25) is 0 Å². The lowest BCUT2D eigenvalue weighted by Gasteiger charge is -2.26. The molecule has 16 heavy (non-hydrogen) atoms. The Labute approximate surface area is 94.4 Å². The van der Waals surface area contributed by atoms with Crippen LogP contribution in [0.1, 0.15) is 26.2 Å². The highest BCUT2D eigenvalue weighted by molar-refractivity contribution is 4.77. The van der Waals surface area contributed by atoms with Crippen molar-refractivity contribution in [3.05, 3.63) is 0 Å². The number of nitrogens with zero attached hydrogens (tertiary/aromatic N) is 1. The van der Waals surface area contributed by atoms with Crippen LogP contribution in [-0.4, -0.2) is 48.5 Å². The van der Waals surface area contributed by atoms with Crippen molar-refractivity contribution in [2.45, 2.75) is 38.0 Å². The van der Waals surface area contributed by atoms with Crippen LogP contribution >= 0.6 is 0 Å². The summed E-state index contributed by atoms with van der Waals surface area (Å²) >= 11 is 0. The molecule has 1 atom stereocenters. The molecule has 0 aromatic carbocycles. The molecule has 0 aliphatic heterocycles. The Balaban J connectivity index is 3.81. The first-order valence-corrected chi connectivity index (χ1v) is 5.40. The van der Waals surface area contributed by atoms with E-state index in [4.69, 9.17) is 5.73 Å². The lowest BCUT2D eigenvalue weighted by molar-refractivity contribution is -0.143. The Kier molecular flexibility index (Phi) is 6.28. The van der Waals surface area contributed by atoms with E-state index in [1.807, 2.05) is 6.92 Å². The average Bonchev–Trinajstić information content (AvgIpc) is 2.14. The van der Waals surface area contributed by atoms with Crippen molar-refractivity contribution in [1.29, 1.82) is 0 Å².